The number of nitrogens with zero attached hydrogens (tertiary/aromatic N) is 1. The van der Waals surface area contributed by atoms with Gasteiger partial charge in [-0.05, 0) is 44.5 Å². The number of methoxy groups -OCH3 is 1. The highest BCUT2D eigenvalue weighted by atomic mass is 32.2. The van der Waals surface area contributed by atoms with Crippen LogP contribution in [0.4, 0.5) is 11.4 Å². The van der Waals surface area contributed by atoms with Crippen LogP contribution in [0.1, 0.15) is 18.1 Å². The van der Waals surface area contributed by atoms with E-state index in [1.54, 1.807) is 0 Å². The van der Waals surface area contributed by atoms with Crippen molar-refractivity contribution < 1.29 is 24.0 Å². The SMILES string of the molecule is COc1ccc(NC(=O)[C@H](C)OC(=O)CSc2ccc(C)cc2C)c([N+](=O)[O-])c1. The zero-order chi connectivity index (χ0) is 21.6. The molecule has 0 saturated heterocycles. The summed E-state index contributed by atoms with van der Waals surface area (Å²) in [6.07, 6.45) is -1.11. The van der Waals surface area contributed by atoms with Crippen molar-refractivity contribution in [1.29, 1.82) is 0 Å². The molecule has 29 heavy (non-hydrogen) atoms. The quantitative estimate of drug-likeness (QED) is 0.300. The molecule has 2 rings (SSSR count). The number of anilines is 1. The average Bonchev–Trinajstić information content (AvgIpc) is 2.67. The molecule has 154 valence electrons. The Kier molecular flexibility index (Phi) is 7.60. The second kappa shape index (κ2) is 9.92. The maximum atomic E-state index is 12.3. The number of esters is 1. The van der Waals surface area contributed by atoms with Crippen LogP contribution in [0.15, 0.2) is 41.3 Å². The van der Waals surface area contributed by atoms with Crippen LogP contribution >= 0.6 is 11.8 Å². The van der Waals surface area contributed by atoms with E-state index in [0.29, 0.717) is 0 Å². The third-order valence-corrected chi connectivity index (χ3v) is 5.16. The second-order valence-electron chi connectivity index (χ2n) is 6.32. The maximum absolute atomic E-state index is 12.3. The summed E-state index contributed by atoms with van der Waals surface area (Å²) in [5.74, 6) is -0.882. The van der Waals surface area contributed by atoms with Crippen LogP contribution < -0.4 is 10.1 Å². The van der Waals surface area contributed by atoms with Gasteiger partial charge in [0, 0.05) is 4.90 Å². The number of aryl methyl sites for hydroxylation is 2. The molecule has 0 bridgehead atoms. The van der Waals surface area contributed by atoms with E-state index in [9.17, 15) is 19.7 Å². The van der Waals surface area contributed by atoms with Gasteiger partial charge in [-0.15, -0.1) is 11.8 Å². The van der Waals surface area contributed by atoms with Crippen LogP contribution in [0.3, 0.4) is 0 Å². The highest BCUT2D eigenvalue weighted by Crippen LogP contribution is 2.29. The standard InChI is InChI=1S/C20H22N2O6S/c1-12-5-8-18(13(2)9-12)29-11-19(23)28-14(3)20(24)21-16-7-6-15(27-4)10-17(16)22(25)26/h5-10,14H,11H2,1-4H3,(H,21,24)/t14-/m0/s1. The monoisotopic (exact) mass is 418 g/mol. The average molecular weight is 418 g/mol. The molecule has 0 heterocycles. The molecule has 0 aliphatic carbocycles. The van der Waals surface area contributed by atoms with Gasteiger partial charge in [0.25, 0.3) is 11.6 Å². The Morgan fingerprint density at radius 3 is 2.55 bits per heavy atom. The van der Waals surface area contributed by atoms with E-state index in [4.69, 9.17) is 9.47 Å². The Labute approximate surface area is 172 Å². The molecular weight excluding hydrogens is 396 g/mol. The molecule has 0 radical (unpaired) electrons. The Bertz CT molecular complexity index is 931. The number of benzene rings is 2. The first kappa shape index (κ1) is 22.2. The molecule has 1 amide bonds. The number of hydrogen-bond donors (Lipinski definition) is 1. The van der Waals surface area contributed by atoms with Gasteiger partial charge in [-0.3, -0.25) is 19.7 Å². The Morgan fingerprint density at radius 2 is 1.93 bits per heavy atom. The lowest BCUT2D eigenvalue weighted by molar-refractivity contribution is -0.384. The first-order valence-corrected chi connectivity index (χ1v) is 9.72. The van der Waals surface area contributed by atoms with E-state index in [0.717, 1.165) is 16.0 Å². The third kappa shape index (κ3) is 6.21. The topological polar surface area (TPSA) is 108 Å². The van der Waals surface area contributed by atoms with E-state index in [2.05, 4.69) is 5.32 Å². The summed E-state index contributed by atoms with van der Waals surface area (Å²) in [6.45, 7) is 5.35. The van der Waals surface area contributed by atoms with Crippen molar-refractivity contribution >= 4 is 35.0 Å². The molecule has 2 aromatic rings. The van der Waals surface area contributed by atoms with E-state index in [-0.39, 0.29) is 22.9 Å². The van der Waals surface area contributed by atoms with Crippen LogP contribution in [-0.2, 0) is 14.3 Å². The van der Waals surface area contributed by atoms with Gasteiger partial charge in [-0.25, -0.2) is 0 Å². The van der Waals surface area contributed by atoms with Crippen molar-refractivity contribution in [2.24, 2.45) is 0 Å². The number of ether oxygens (including phenoxy) is 2. The summed E-state index contributed by atoms with van der Waals surface area (Å²) in [7, 11) is 1.38. The molecule has 0 saturated carbocycles. The molecule has 0 spiro atoms. The normalized spacial score (nSPS) is 11.4. The summed E-state index contributed by atoms with van der Waals surface area (Å²) in [4.78, 5) is 35.9. The number of rotatable bonds is 8. The van der Waals surface area contributed by atoms with Crippen molar-refractivity contribution in [2.45, 2.75) is 31.8 Å². The van der Waals surface area contributed by atoms with Crippen LogP contribution in [0, 0.1) is 24.0 Å². The van der Waals surface area contributed by atoms with Gasteiger partial charge in [0.1, 0.15) is 11.4 Å². The highest BCUT2D eigenvalue weighted by Gasteiger charge is 2.22. The molecule has 2 aromatic carbocycles. The minimum absolute atomic E-state index is 0.00615. The van der Waals surface area contributed by atoms with Crippen molar-refractivity contribution in [2.75, 3.05) is 18.2 Å². The van der Waals surface area contributed by atoms with E-state index in [1.807, 2.05) is 32.0 Å². The number of nitro benzene ring substituents is 1. The Hall–Kier alpha value is -3.07. The van der Waals surface area contributed by atoms with Crippen molar-refractivity contribution in [1.82, 2.24) is 0 Å². The zero-order valence-electron chi connectivity index (χ0n) is 16.6. The zero-order valence-corrected chi connectivity index (χ0v) is 17.4. The summed E-state index contributed by atoms with van der Waals surface area (Å²) in [5.41, 5.74) is 1.86. The number of hydrogen-bond acceptors (Lipinski definition) is 7. The van der Waals surface area contributed by atoms with Crippen molar-refractivity contribution in [3.05, 3.63) is 57.6 Å². The molecule has 0 aliphatic heterocycles. The van der Waals surface area contributed by atoms with Crippen molar-refractivity contribution in [3.63, 3.8) is 0 Å². The van der Waals surface area contributed by atoms with Gasteiger partial charge in [-0.1, -0.05) is 17.7 Å². The molecule has 0 unspecified atom stereocenters. The van der Waals surface area contributed by atoms with Gasteiger partial charge in [0.05, 0.1) is 23.9 Å². The smallest absolute Gasteiger partial charge is 0.317 e. The van der Waals surface area contributed by atoms with Crippen LogP contribution in [0.2, 0.25) is 0 Å². The number of nitrogens with one attached hydrogen (secondary N) is 1. The minimum atomic E-state index is -1.11. The van der Waals surface area contributed by atoms with E-state index in [1.165, 1.54) is 44.0 Å². The third-order valence-electron chi connectivity index (χ3n) is 4.01. The predicted octanol–water partition coefficient (Wildman–Crippen LogP) is 3.88. The fraction of sp³-hybridized carbons (Fsp3) is 0.300. The van der Waals surface area contributed by atoms with Gasteiger partial charge < -0.3 is 14.8 Å². The number of nitro groups is 1. The van der Waals surface area contributed by atoms with Gasteiger partial charge >= 0.3 is 5.97 Å². The first-order valence-electron chi connectivity index (χ1n) is 8.74. The number of carbonyl (C=O) groups excluding carboxylic acids is 2. The minimum Gasteiger partial charge on any atom is -0.496 e. The van der Waals surface area contributed by atoms with E-state index >= 15 is 0 Å². The maximum Gasteiger partial charge on any atom is 0.317 e. The van der Waals surface area contributed by atoms with Crippen LogP contribution in [0.5, 0.6) is 5.75 Å². The van der Waals surface area contributed by atoms with E-state index < -0.39 is 22.9 Å². The summed E-state index contributed by atoms with van der Waals surface area (Å²) in [6, 6.07) is 9.96. The fourth-order valence-electron chi connectivity index (χ4n) is 2.51. The highest BCUT2D eigenvalue weighted by molar-refractivity contribution is 8.00. The van der Waals surface area contributed by atoms with Crippen LogP contribution in [0.25, 0.3) is 0 Å². The van der Waals surface area contributed by atoms with Gasteiger partial charge in [0.15, 0.2) is 6.10 Å². The van der Waals surface area contributed by atoms with Crippen LogP contribution in [-0.4, -0.2) is 35.8 Å². The predicted molar refractivity (Wildman–Crippen MR) is 110 cm³/mol. The summed E-state index contributed by atoms with van der Waals surface area (Å²) in [5, 5.41) is 13.6. The van der Waals surface area contributed by atoms with Gasteiger partial charge in [-0.2, -0.15) is 0 Å². The van der Waals surface area contributed by atoms with Gasteiger partial charge in [0.2, 0.25) is 0 Å². The molecule has 1 atom stereocenters. The molecule has 1 N–H and O–H groups in total. The molecule has 0 fully saturated rings. The number of thioether (sulfide) groups is 1. The Morgan fingerprint density at radius 1 is 1.21 bits per heavy atom. The fourth-order valence-corrected chi connectivity index (χ4v) is 3.30. The molecular formula is C20H22N2O6S. The lowest BCUT2D eigenvalue weighted by Gasteiger charge is -2.14. The summed E-state index contributed by atoms with van der Waals surface area (Å²) >= 11 is 1.32. The second-order valence-corrected chi connectivity index (χ2v) is 7.34. The lowest BCUT2D eigenvalue weighted by Crippen LogP contribution is -2.30. The first-order chi connectivity index (χ1) is 13.7. The molecule has 0 aromatic heterocycles. The lowest BCUT2D eigenvalue weighted by atomic mass is 10.2. The largest absolute Gasteiger partial charge is 0.496 e. The number of carbonyl (C=O) groups is 2. The Balaban J connectivity index is 1.95. The summed E-state index contributed by atoms with van der Waals surface area (Å²) < 4.78 is 10.1. The molecule has 0 aliphatic rings. The van der Waals surface area contributed by atoms with Crippen molar-refractivity contribution in [3.8, 4) is 5.75 Å². The molecule has 8 nitrogen and oxygen atoms in total. The number of amides is 1. The molecule has 9 heteroatoms.